The molecule has 1 fully saturated rings. The van der Waals surface area contributed by atoms with Gasteiger partial charge in [-0.05, 0) is 45.2 Å². The molecule has 1 rings (SSSR count). The van der Waals surface area contributed by atoms with Crippen LogP contribution in [0.1, 0.15) is 39.5 Å². The minimum Gasteiger partial charge on any atom is -0.392 e. The number of aliphatic hydroxyl groups is 1. The van der Waals surface area contributed by atoms with E-state index >= 15 is 0 Å². The van der Waals surface area contributed by atoms with Gasteiger partial charge < -0.3 is 15.7 Å². The molecule has 3 nitrogen and oxygen atoms in total. The van der Waals surface area contributed by atoms with Gasteiger partial charge in [-0.2, -0.15) is 0 Å². The molecule has 1 saturated carbocycles. The average molecular weight is 228 g/mol. The predicted octanol–water partition coefficient (Wildman–Crippen LogP) is 1.45. The van der Waals surface area contributed by atoms with Crippen molar-refractivity contribution in [1.29, 1.82) is 0 Å². The lowest BCUT2D eigenvalue weighted by Crippen LogP contribution is -2.47. The van der Waals surface area contributed by atoms with Crippen LogP contribution in [-0.2, 0) is 0 Å². The monoisotopic (exact) mass is 228 g/mol. The molecule has 16 heavy (non-hydrogen) atoms. The van der Waals surface area contributed by atoms with Crippen LogP contribution in [0.2, 0.25) is 0 Å². The maximum Gasteiger partial charge on any atom is 0.0639 e. The first-order valence-electron chi connectivity index (χ1n) is 6.66. The summed E-state index contributed by atoms with van der Waals surface area (Å²) in [4.78, 5) is 2.31. The molecule has 0 spiro atoms. The van der Waals surface area contributed by atoms with Gasteiger partial charge >= 0.3 is 0 Å². The molecule has 1 aliphatic rings. The molecule has 0 aromatic carbocycles. The average Bonchev–Trinajstić information content (AvgIpc) is 2.27. The van der Waals surface area contributed by atoms with Gasteiger partial charge in [0.2, 0.25) is 0 Å². The third-order valence-electron chi connectivity index (χ3n) is 4.06. The molecule has 3 N–H and O–H groups in total. The first-order valence-corrected chi connectivity index (χ1v) is 6.66. The summed E-state index contributed by atoms with van der Waals surface area (Å²) in [5.41, 5.74) is 5.86. The van der Waals surface area contributed by atoms with E-state index in [0.29, 0.717) is 12.0 Å². The summed E-state index contributed by atoms with van der Waals surface area (Å²) in [6.45, 7) is 5.68. The lowest BCUT2D eigenvalue weighted by Gasteiger charge is -2.41. The van der Waals surface area contributed by atoms with Crippen LogP contribution in [0, 0.1) is 11.8 Å². The number of hydrogen-bond donors (Lipinski definition) is 2. The first kappa shape index (κ1) is 13.9. The van der Waals surface area contributed by atoms with Crippen LogP contribution < -0.4 is 5.73 Å². The van der Waals surface area contributed by atoms with Crippen molar-refractivity contribution in [2.45, 2.75) is 51.7 Å². The van der Waals surface area contributed by atoms with Gasteiger partial charge in [-0.15, -0.1) is 0 Å². The van der Waals surface area contributed by atoms with E-state index in [1.165, 1.54) is 25.7 Å². The molecular weight excluding hydrogens is 200 g/mol. The molecule has 3 heteroatoms. The largest absolute Gasteiger partial charge is 0.392 e. The van der Waals surface area contributed by atoms with E-state index in [9.17, 15) is 5.11 Å². The number of aliphatic hydroxyl groups excluding tert-OH is 1. The lowest BCUT2D eigenvalue weighted by atomic mass is 9.76. The topological polar surface area (TPSA) is 49.5 Å². The summed E-state index contributed by atoms with van der Waals surface area (Å²) < 4.78 is 0. The molecule has 0 aliphatic heterocycles. The quantitative estimate of drug-likeness (QED) is 0.749. The minimum atomic E-state index is -0.245. The van der Waals surface area contributed by atoms with Crippen molar-refractivity contribution < 1.29 is 5.11 Å². The molecule has 1 aliphatic carbocycles. The molecule has 4 atom stereocenters. The standard InChI is InChI=1S/C13H28N2O/c1-4-11-5-6-12(8-14)13(7-11)15(3)9-10(2)16/h10-13,16H,4-9,14H2,1-3H3. The second kappa shape index (κ2) is 6.58. The molecule has 0 saturated heterocycles. The summed E-state index contributed by atoms with van der Waals surface area (Å²) in [7, 11) is 2.12. The van der Waals surface area contributed by atoms with Gasteiger partial charge in [0, 0.05) is 12.6 Å². The highest BCUT2D eigenvalue weighted by Gasteiger charge is 2.31. The van der Waals surface area contributed by atoms with Gasteiger partial charge in [0.15, 0.2) is 0 Å². The maximum atomic E-state index is 9.46. The molecule has 0 heterocycles. The number of likely N-dealkylation sites (N-methyl/N-ethyl adjacent to an activating group) is 1. The summed E-state index contributed by atoms with van der Waals surface area (Å²) in [6.07, 6.45) is 4.87. The van der Waals surface area contributed by atoms with Gasteiger partial charge in [-0.3, -0.25) is 0 Å². The van der Waals surface area contributed by atoms with Crippen LogP contribution in [0.5, 0.6) is 0 Å². The number of nitrogens with zero attached hydrogens (tertiary/aromatic N) is 1. The van der Waals surface area contributed by atoms with Crippen LogP contribution in [0.3, 0.4) is 0 Å². The fourth-order valence-corrected chi connectivity index (χ4v) is 3.03. The fourth-order valence-electron chi connectivity index (χ4n) is 3.03. The van der Waals surface area contributed by atoms with E-state index in [1.54, 1.807) is 0 Å². The summed E-state index contributed by atoms with van der Waals surface area (Å²) in [5, 5.41) is 9.46. The summed E-state index contributed by atoms with van der Waals surface area (Å²) in [6, 6.07) is 0.568. The number of rotatable bonds is 5. The van der Waals surface area contributed by atoms with Gasteiger partial charge in [-0.25, -0.2) is 0 Å². The third-order valence-corrected chi connectivity index (χ3v) is 4.06. The van der Waals surface area contributed by atoms with E-state index in [1.807, 2.05) is 6.92 Å². The van der Waals surface area contributed by atoms with Crippen LogP contribution >= 0.6 is 0 Å². The zero-order valence-corrected chi connectivity index (χ0v) is 11.0. The van der Waals surface area contributed by atoms with Gasteiger partial charge in [-0.1, -0.05) is 19.8 Å². The minimum absolute atomic E-state index is 0.245. The molecule has 0 radical (unpaired) electrons. The Hall–Kier alpha value is -0.120. The molecule has 0 amide bonds. The number of hydrogen-bond acceptors (Lipinski definition) is 3. The van der Waals surface area contributed by atoms with Crippen LogP contribution in [0.25, 0.3) is 0 Å². The van der Waals surface area contributed by atoms with Gasteiger partial charge in [0.25, 0.3) is 0 Å². The Morgan fingerprint density at radius 1 is 1.44 bits per heavy atom. The van der Waals surface area contributed by atoms with E-state index in [-0.39, 0.29) is 6.10 Å². The number of nitrogens with two attached hydrogens (primary N) is 1. The zero-order valence-electron chi connectivity index (χ0n) is 11.0. The fraction of sp³-hybridized carbons (Fsp3) is 1.00. The Balaban J connectivity index is 2.56. The maximum absolute atomic E-state index is 9.46. The highest BCUT2D eigenvalue weighted by atomic mass is 16.3. The first-order chi connectivity index (χ1) is 7.58. The Kier molecular flexibility index (Phi) is 5.73. The predicted molar refractivity (Wildman–Crippen MR) is 68.3 cm³/mol. The Bertz CT molecular complexity index is 196. The van der Waals surface area contributed by atoms with Gasteiger partial charge in [0.1, 0.15) is 0 Å². The molecule has 4 unspecified atom stereocenters. The second-order valence-corrected chi connectivity index (χ2v) is 5.44. The van der Waals surface area contributed by atoms with Crippen LogP contribution in [0.15, 0.2) is 0 Å². The van der Waals surface area contributed by atoms with E-state index in [2.05, 4.69) is 18.9 Å². The highest BCUT2D eigenvalue weighted by Crippen LogP contribution is 2.33. The van der Waals surface area contributed by atoms with Crippen molar-refractivity contribution >= 4 is 0 Å². The van der Waals surface area contributed by atoms with Crippen LogP contribution in [0.4, 0.5) is 0 Å². The molecule has 96 valence electrons. The molecule has 0 aromatic rings. The van der Waals surface area contributed by atoms with Crippen LogP contribution in [-0.4, -0.2) is 42.3 Å². The molecule has 0 bridgehead atoms. The van der Waals surface area contributed by atoms with E-state index in [0.717, 1.165) is 19.0 Å². The lowest BCUT2D eigenvalue weighted by molar-refractivity contribution is 0.0606. The summed E-state index contributed by atoms with van der Waals surface area (Å²) >= 11 is 0. The van der Waals surface area contributed by atoms with E-state index < -0.39 is 0 Å². The normalized spacial score (nSPS) is 33.0. The smallest absolute Gasteiger partial charge is 0.0639 e. The SMILES string of the molecule is CCC1CCC(CN)C(N(C)CC(C)O)C1. The van der Waals surface area contributed by atoms with Crippen molar-refractivity contribution in [1.82, 2.24) is 4.90 Å². The Morgan fingerprint density at radius 2 is 2.12 bits per heavy atom. The molecular formula is C13H28N2O. The van der Waals surface area contributed by atoms with Crippen molar-refractivity contribution in [2.75, 3.05) is 20.1 Å². The highest BCUT2D eigenvalue weighted by molar-refractivity contribution is 4.86. The van der Waals surface area contributed by atoms with E-state index in [4.69, 9.17) is 5.73 Å². The van der Waals surface area contributed by atoms with Crippen molar-refractivity contribution in [3.63, 3.8) is 0 Å². The van der Waals surface area contributed by atoms with Crippen molar-refractivity contribution in [3.8, 4) is 0 Å². The Labute approximate surface area is 100 Å². The zero-order chi connectivity index (χ0) is 12.1. The summed E-state index contributed by atoms with van der Waals surface area (Å²) in [5.74, 6) is 1.47. The van der Waals surface area contributed by atoms with Gasteiger partial charge in [0.05, 0.1) is 6.10 Å². The Morgan fingerprint density at radius 3 is 2.62 bits per heavy atom. The molecule has 0 aromatic heterocycles. The van der Waals surface area contributed by atoms with Crippen molar-refractivity contribution in [2.24, 2.45) is 17.6 Å². The van der Waals surface area contributed by atoms with Crippen molar-refractivity contribution in [3.05, 3.63) is 0 Å². The second-order valence-electron chi connectivity index (χ2n) is 5.44. The third kappa shape index (κ3) is 3.72.